The van der Waals surface area contributed by atoms with Crippen molar-refractivity contribution in [2.75, 3.05) is 0 Å². The smallest absolute Gasteiger partial charge is 0.321 e. The third-order valence-electron chi connectivity index (χ3n) is 4.18. The van der Waals surface area contributed by atoms with E-state index in [1.54, 1.807) is 0 Å². The van der Waals surface area contributed by atoms with Crippen molar-refractivity contribution in [3.05, 3.63) is 52.8 Å². The molecular formula is C19H27N3O2. The van der Waals surface area contributed by atoms with E-state index in [1.807, 2.05) is 48.9 Å². The van der Waals surface area contributed by atoms with Crippen molar-refractivity contribution in [3.63, 3.8) is 0 Å². The van der Waals surface area contributed by atoms with Gasteiger partial charge in [-0.05, 0) is 46.6 Å². The Bertz CT molecular complexity index is 699. The number of benzene rings is 1. The number of aliphatic carboxylic acids is 1. The van der Waals surface area contributed by atoms with Crippen molar-refractivity contribution < 1.29 is 9.90 Å². The van der Waals surface area contributed by atoms with Gasteiger partial charge in [-0.15, -0.1) is 0 Å². The van der Waals surface area contributed by atoms with Crippen molar-refractivity contribution in [2.45, 2.75) is 59.2 Å². The molecule has 0 bridgehead atoms. The van der Waals surface area contributed by atoms with Gasteiger partial charge in [-0.2, -0.15) is 5.10 Å². The lowest BCUT2D eigenvalue weighted by Crippen LogP contribution is -2.38. The molecule has 0 fully saturated rings. The number of rotatable bonds is 6. The lowest BCUT2D eigenvalue weighted by atomic mass is 10.1. The lowest BCUT2D eigenvalue weighted by molar-refractivity contribution is -0.139. The van der Waals surface area contributed by atoms with Gasteiger partial charge in [0.15, 0.2) is 0 Å². The van der Waals surface area contributed by atoms with Gasteiger partial charge < -0.3 is 5.11 Å². The topological polar surface area (TPSA) is 67.2 Å². The molecule has 0 unspecified atom stereocenters. The number of aryl methyl sites for hydroxylation is 1. The van der Waals surface area contributed by atoms with E-state index in [4.69, 9.17) is 0 Å². The largest absolute Gasteiger partial charge is 0.480 e. The Morgan fingerprint density at radius 1 is 1.25 bits per heavy atom. The molecule has 0 spiro atoms. The van der Waals surface area contributed by atoms with Crippen molar-refractivity contribution in [1.29, 1.82) is 0 Å². The van der Waals surface area contributed by atoms with E-state index in [0.29, 0.717) is 13.0 Å². The second-order valence-electron chi connectivity index (χ2n) is 7.19. The molecule has 130 valence electrons. The van der Waals surface area contributed by atoms with E-state index in [1.165, 1.54) is 0 Å². The quantitative estimate of drug-likeness (QED) is 0.855. The minimum atomic E-state index is -0.836. The van der Waals surface area contributed by atoms with E-state index in [0.717, 1.165) is 22.5 Å². The zero-order valence-corrected chi connectivity index (χ0v) is 15.1. The molecule has 0 amide bonds. The predicted octanol–water partition coefficient (Wildman–Crippen LogP) is 3.04. The SMILES string of the molecule is Cc1nn(C(C)(C)C)c(C)c1CN[C@H](Cc1ccccc1)C(=O)O. The molecule has 24 heavy (non-hydrogen) atoms. The average molecular weight is 329 g/mol. The molecule has 0 radical (unpaired) electrons. The molecule has 2 rings (SSSR count). The summed E-state index contributed by atoms with van der Waals surface area (Å²) < 4.78 is 2.01. The maximum Gasteiger partial charge on any atom is 0.321 e. The van der Waals surface area contributed by atoms with Gasteiger partial charge in [-0.1, -0.05) is 30.3 Å². The zero-order valence-electron chi connectivity index (χ0n) is 15.1. The summed E-state index contributed by atoms with van der Waals surface area (Å²) in [7, 11) is 0. The summed E-state index contributed by atoms with van der Waals surface area (Å²) in [5.74, 6) is -0.836. The van der Waals surface area contributed by atoms with Gasteiger partial charge in [0.2, 0.25) is 0 Å². The Balaban J connectivity index is 2.13. The van der Waals surface area contributed by atoms with Crippen LogP contribution in [-0.4, -0.2) is 26.9 Å². The Hall–Kier alpha value is -2.14. The number of nitrogens with one attached hydrogen (secondary N) is 1. The predicted molar refractivity (Wildman–Crippen MR) is 95.1 cm³/mol. The van der Waals surface area contributed by atoms with Crippen LogP contribution in [0.25, 0.3) is 0 Å². The number of carbonyl (C=O) groups is 1. The van der Waals surface area contributed by atoms with Gasteiger partial charge in [-0.3, -0.25) is 14.8 Å². The summed E-state index contributed by atoms with van der Waals surface area (Å²) in [6, 6.07) is 9.06. The van der Waals surface area contributed by atoms with Crippen LogP contribution in [0.1, 0.15) is 43.3 Å². The molecule has 1 atom stereocenters. The van der Waals surface area contributed by atoms with E-state index in [-0.39, 0.29) is 5.54 Å². The van der Waals surface area contributed by atoms with Gasteiger partial charge >= 0.3 is 5.97 Å². The normalized spacial score (nSPS) is 13.0. The molecule has 1 heterocycles. The van der Waals surface area contributed by atoms with Crippen LogP contribution in [0.3, 0.4) is 0 Å². The molecular weight excluding hydrogens is 302 g/mol. The average Bonchev–Trinajstić information content (AvgIpc) is 2.79. The number of carboxylic acid groups (broad SMARTS) is 1. The second-order valence-corrected chi connectivity index (χ2v) is 7.19. The Labute approximate surface area is 143 Å². The highest BCUT2D eigenvalue weighted by Crippen LogP contribution is 2.21. The monoisotopic (exact) mass is 329 g/mol. The number of carboxylic acids is 1. The standard InChI is InChI=1S/C19H27N3O2/c1-13-16(14(2)22(21-13)19(3,4)5)12-20-17(18(23)24)11-15-9-7-6-8-10-15/h6-10,17,20H,11-12H2,1-5H3,(H,23,24)/t17-/m1/s1. The summed E-state index contributed by atoms with van der Waals surface area (Å²) in [6.07, 6.45) is 0.460. The fourth-order valence-electron chi connectivity index (χ4n) is 2.91. The van der Waals surface area contributed by atoms with Crippen molar-refractivity contribution in [1.82, 2.24) is 15.1 Å². The third-order valence-corrected chi connectivity index (χ3v) is 4.18. The third kappa shape index (κ3) is 4.23. The lowest BCUT2D eigenvalue weighted by Gasteiger charge is -2.21. The molecule has 2 N–H and O–H groups in total. The Morgan fingerprint density at radius 3 is 2.38 bits per heavy atom. The molecule has 1 aromatic heterocycles. The summed E-state index contributed by atoms with van der Waals surface area (Å²) in [6.45, 7) is 10.8. The van der Waals surface area contributed by atoms with Gasteiger partial charge in [-0.25, -0.2) is 0 Å². The zero-order chi connectivity index (χ0) is 17.9. The highest BCUT2D eigenvalue weighted by atomic mass is 16.4. The van der Waals surface area contributed by atoms with E-state index >= 15 is 0 Å². The van der Waals surface area contributed by atoms with Crippen LogP contribution in [0.4, 0.5) is 0 Å². The minimum Gasteiger partial charge on any atom is -0.480 e. The maximum atomic E-state index is 11.6. The molecule has 5 nitrogen and oxygen atoms in total. The van der Waals surface area contributed by atoms with E-state index in [9.17, 15) is 9.90 Å². The van der Waals surface area contributed by atoms with Crippen LogP contribution < -0.4 is 5.32 Å². The fourth-order valence-corrected chi connectivity index (χ4v) is 2.91. The molecule has 0 saturated heterocycles. The van der Waals surface area contributed by atoms with Crippen LogP contribution in [0.2, 0.25) is 0 Å². The molecule has 2 aromatic rings. The van der Waals surface area contributed by atoms with Crippen molar-refractivity contribution >= 4 is 5.97 Å². The van der Waals surface area contributed by atoms with Gasteiger partial charge in [0.1, 0.15) is 6.04 Å². The Morgan fingerprint density at radius 2 is 1.88 bits per heavy atom. The van der Waals surface area contributed by atoms with Crippen LogP contribution >= 0.6 is 0 Å². The fraction of sp³-hybridized carbons (Fsp3) is 0.474. The molecule has 0 aliphatic heterocycles. The van der Waals surface area contributed by atoms with Gasteiger partial charge in [0.25, 0.3) is 0 Å². The van der Waals surface area contributed by atoms with Crippen LogP contribution in [0.15, 0.2) is 30.3 Å². The number of hydrogen-bond acceptors (Lipinski definition) is 3. The second kappa shape index (κ2) is 7.18. The van der Waals surface area contributed by atoms with Crippen molar-refractivity contribution in [3.8, 4) is 0 Å². The highest BCUT2D eigenvalue weighted by molar-refractivity contribution is 5.73. The summed E-state index contributed by atoms with van der Waals surface area (Å²) in [5.41, 5.74) is 4.01. The first-order valence-electron chi connectivity index (χ1n) is 8.26. The maximum absolute atomic E-state index is 11.6. The summed E-state index contributed by atoms with van der Waals surface area (Å²) in [4.78, 5) is 11.6. The van der Waals surface area contributed by atoms with Crippen molar-refractivity contribution in [2.24, 2.45) is 0 Å². The minimum absolute atomic E-state index is 0.0939. The number of hydrogen-bond donors (Lipinski definition) is 2. The van der Waals surface area contributed by atoms with Crippen LogP contribution in [0, 0.1) is 13.8 Å². The van der Waals surface area contributed by atoms with Gasteiger partial charge in [0.05, 0.1) is 11.2 Å². The summed E-state index contributed by atoms with van der Waals surface area (Å²) >= 11 is 0. The molecule has 0 aliphatic carbocycles. The number of aromatic nitrogens is 2. The first-order valence-corrected chi connectivity index (χ1v) is 8.26. The highest BCUT2D eigenvalue weighted by Gasteiger charge is 2.23. The molecule has 0 aliphatic rings. The first kappa shape index (κ1) is 18.2. The van der Waals surface area contributed by atoms with Crippen LogP contribution in [-0.2, 0) is 23.3 Å². The molecule has 5 heteroatoms. The van der Waals surface area contributed by atoms with Gasteiger partial charge in [0, 0.05) is 17.8 Å². The first-order chi connectivity index (χ1) is 11.2. The summed E-state index contributed by atoms with van der Waals surface area (Å²) in [5, 5.41) is 17.3. The van der Waals surface area contributed by atoms with E-state index in [2.05, 4.69) is 31.2 Å². The molecule has 0 saturated carbocycles. The van der Waals surface area contributed by atoms with E-state index < -0.39 is 12.0 Å². The number of nitrogens with zero attached hydrogens (tertiary/aromatic N) is 2. The van der Waals surface area contributed by atoms with Crippen LogP contribution in [0.5, 0.6) is 0 Å². The molecule has 1 aromatic carbocycles. The Kier molecular flexibility index (Phi) is 5.44.